The summed E-state index contributed by atoms with van der Waals surface area (Å²) >= 11 is 0. The van der Waals surface area contributed by atoms with Gasteiger partial charge in [-0.25, -0.2) is 13.3 Å². The number of rotatable bonds is 5. The molecule has 3 heterocycles. The van der Waals surface area contributed by atoms with Gasteiger partial charge in [0.05, 0.1) is 23.2 Å². The zero-order valence-electron chi connectivity index (χ0n) is 21.4. The van der Waals surface area contributed by atoms with Crippen LogP contribution >= 0.6 is 0 Å². The topological polar surface area (TPSA) is 74.9 Å². The molecule has 1 amide bonds. The van der Waals surface area contributed by atoms with E-state index < -0.39 is 23.5 Å². The molecule has 8 heteroatoms. The maximum atomic E-state index is 16.0. The monoisotopic (exact) mass is 527 g/mol. The number of carboxylic acids is 1. The van der Waals surface area contributed by atoms with Crippen molar-refractivity contribution in [2.24, 2.45) is 5.92 Å². The van der Waals surface area contributed by atoms with Gasteiger partial charge in [0.15, 0.2) is 5.82 Å². The van der Waals surface area contributed by atoms with E-state index in [4.69, 9.17) is 0 Å². The molecule has 0 spiro atoms. The lowest BCUT2D eigenvalue weighted by molar-refractivity contribution is -0.138. The van der Waals surface area contributed by atoms with Gasteiger partial charge in [0.2, 0.25) is 0 Å². The number of carboxylic acid groups (broad SMARTS) is 1. The highest BCUT2D eigenvalue weighted by Gasteiger charge is 2.44. The van der Waals surface area contributed by atoms with Crippen LogP contribution in [0.25, 0.3) is 16.8 Å². The van der Waals surface area contributed by atoms with E-state index in [1.54, 1.807) is 23.1 Å². The van der Waals surface area contributed by atoms with Crippen molar-refractivity contribution in [2.75, 3.05) is 6.54 Å². The smallest absolute Gasteiger partial charge is 0.307 e. The van der Waals surface area contributed by atoms with Crippen LogP contribution in [0.15, 0.2) is 54.6 Å². The van der Waals surface area contributed by atoms with E-state index in [9.17, 15) is 14.7 Å². The summed E-state index contributed by atoms with van der Waals surface area (Å²) < 4.78 is 32.8. The minimum absolute atomic E-state index is 0.0198. The van der Waals surface area contributed by atoms with E-state index in [-0.39, 0.29) is 46.1 Å². The van der Waals surface area contributed by atoms with E-state index in [1.165, 1.54) is 22.2 Å². The molecule has 2 aliphatic carbocycles. The van der Waals surface area contributed by atoms with Crippen molar-refractivity contribution < 1.29 is 23.5 Å². The van der Waals surface area contributed by atoms with Crippen LogP contribution < -0.4 is 0 Å². The van der Waals surface area contributed by atoms with Gasteiger partial charge in [0.1, 0.15) is 11.3 Å². The lowest BCUT2D eigenvalue weighted by Crippen LogP contribution is -2.39. The second-order valence-electron chi connectivity index (χ2n) is 11.0. The number of aliphatic carboxylic acids is 1. The van der Waals surface area contributed by atoms with Crippen molar-refractivity contribution in [3.8, 4) is 11.3 Å². The van der Waals surface area contributed by atoms with Gasteiger partial charge >= 0.3 is 5.97 Å². The van der Waals surface area contributed by atoms with Crippen LogP contribution in [-0.2, 0) is 11.2 Å². The lowest BCUT2D eigenvalue weighted by atomic mass is 9.93. The van der Waals surface area contributed by atoms with E-state index in [2.05, 4.69) is 11.2 Å². The number of carbonyl (C=O) groups is 2. The molecular weight excluding hydrogens is 500 g/mol. The summed E-state index contributed by atoms with van der Waals surface area (Å²) in [4.78, 5) is 26.7. The first-order valence-corrected chi connectivity index (χ1v) is 13.5. The van der Waals surface area contributed by atoms with Crippen molar-refractivity contribution in [2.45, 2.75) is 50.5 Å². The van der Waals surface area contributed by atoms with Crippen molar-refractivity contribution in [1.82, 2.24) is 14.5 Å². The number of halogens is 2. The van der Waals surface area contributed by atoms with Crippen LogP contribution in [0.2, 0.25) is 0 Å². The van der Waals surface area contributed by atoms with Gasteiger partial charge < -0.3 is 10.0 Å². The molecule has 0 bridgehead atoms. The molecule has 2 saturated carbocycles. The van der Waals surface area contributed by atoms with Gasteiger partial charge in [-0.3, -0.25) is 9.59 Å². The zero-order chi connectivity index (χ0) is 27.0. The van der Waals surface area contributed by atoms with Crippen LogP contribution in [0.1, 0.15) is 76.8 Å². The highest BCUT2D eigenvalue weighted by Crippen LogP contribution is 2.48. The molecule has 2 aromatic carbocycles. The second kappa shape index (κ2) is 8.73. The molecule has 198 valence electrons. The second-order valence-corrected chi connectivity index (χ2v) is 11.0. The number of aromatic nitrogens is 2. The summed E-state index contributed by atoms with van der Waals surface area (Å²) in [7, 11) is 0. The normalized spacial score (nSPS) is 22.1. The van der Waals surface area contributed by atoms with Crippen molar-refractivity contribution >= 4 is 17.4 Å². The molecule has 2 aromatic heterocycles. The molecule has 2 fully saturated rings. The maximum absolute atomic E-state index is 16.0. The van der Waals surface area contributed by atoms with E-state index in [1.807, 2.05) is 25.1 Å². The van der Waals surface area contributed by atoms with Crippen LogP contribution in [0, 0.1) is 17.6 Å². The van der Waals surface area contributed by atoms with Crippen LogP contribution in [0.4, 0.5) is 8.78 Å². The summed E-state index contributed by atoms with van der Waals surface area (Å²) in [6.07, 6.45) is 3.06. The fraction of sp³-hybridized carbons (Fsp3) is 0.323. The summed E-state index contributed by atoms with van der Waals surface area (Å²) in [5.41, 5.74) is 4.34. The Hall–Kier alpha value is -4.07. The molecule has 7 rings (SSSR count). The Kier molecular flexibility index (Phi) is 5.37. The van der Waals surface area contributed by atoms with Crippen molar-refractivity contribution in [1.29, 1.82) is 0 Å². The van der Waals surface area contributed by atoms with Gasteiger partial charge in [-0.15, -0.1) is 0 Å². The Balaban J connectivity index is 1.27. The first-order valence-electron chi connectivity index (χ1n) is 13.5. The third-order valence-electron chi connectivity index (χ3n) is 8.59. The molecule has 4 aromatic rings. The standard InChI is InChI=1S/C31H27F2N3O3/c1-16-20-5-3-2-4-17(20)10-11-35(16)30(37)24-14-27(18-6-7-18)36-28(29(24)33)15-26(34-36)21-9-8-19(12-25(21)32)22-13-23(22)31(38)39/h2-5,8-9,12,14-16,18,22-23H,6-7,10-11,13H2,1H3,(H,38,39)/t16-,22+,23-/m1/s1. The number of nitrogens with zero attached hydrogens (tertiary/aromatic N) is 3. The number of carbonyl (C=O) groups excluding carboxylic acids is 1. The predicted molar refractivity (Wildman–Crippen MR) is 141 cm³/mol. The molecule has 0 radical (unpaired) electrons. The van der Waals surface area contributed by atoms with Gasteiger partial charge in [-0.1, -0.05) is 30.3 Å². The fourth-order valence-corrected chi connectivity index (χ4v) is 6.11. The fourth-order valence-electron chi connectivity index (χ4n) is 6.11. The molecule has 1 aliphatic heterocycles. The molecule has 6 nitrogen and oxygen atoms in total. The molecule has 3 aliphatic rings. The quantitative estimate of drug-likeness (QED) is 0.340. The van der Waals surface area contributed by atoms with E-state index in [0.29, 0.717) is 24.9 Å². The Bertz CT molecular complexity index is 1680. The highest BCUT2D eigenvalue weighted by atomic mass is 19.1. The average molecular weight is 528 g/mol. The Morgan fingerprint density at radius 2 is 1.85 bits per heavy atom. The molecular formula is C31H27F2N3O3. The van der Waals surface area contributed by atoms with Gasteiger partial charge in [-0.05, 0) is 79.5 Å². The highest BCUT2D eigenvalue weighted by molar-refractivity contribution is 5.96. The largest absolute Gasteiger partial charge is 0.481 e. The predicted octanol–water partition coefficient (Wildman–Crippen LogP) is 6.10. The van der Waals surface area contributed by atoms with Crippen LogP contribution in [0.3, 0.4) is 0 Å². The summed E-state index contributed by atoms with van der Waals surface area (Å²) in [5.74, 6) is -2.92. The van der Waals surface area contributed by atoms with Gasteiger partial charge in [-0.2, -0.15) is 5.10 Å². The SMILES string of the molecule is C[C@@H]1c2ccccc2CCN1C(=O)c1cc(C2CC2)n2nc(-c3ccc([C@@H]4C[C@H]4C(=O)O)cc3F)cc2c1F. The summed E-state index contributed by atoms with van der Waals surface area (Å²) in [6.45, 7) is 2.48. The average Bonchev–Trinajstić information content (AvgIpc) is 3.86. The molecule has 1 N–H and O–H groups in total. The first kappa shape index (κ1) is 24.0. The van der Waals surface area contributed by atoms with Crippen LogP contribution in [0.5, 0.6) is 0 Å². The van der Waals surface area contributed by atoms with Crippen molar-refractivity contribution in [3.05, 3.63) is 94.2 Å². The Labute approximate surface area is 223 Å². The summed E-state index contributed by atoms with van der Waals surface area (Å²) in [6, 6.07) is 15.6. The zero-order valence-corrected chi connectivity index (χ0v) is 21.4. The van der Waals surface area contributed by atoms with Crippen molar-refractivity contribution in [3.63, 3.8) is 0 Å². The number of amides is 1. The Morgan fingerprint density at radius 1 is 1.05 bits per heavy atom. The van der Waals surface area contributed by atoms with E-state index in [0.717, 1.165) is 24.1 Å². The minimum Gasteiger partial charge on any atom is -0.481 e. The number of hydrogen-bond acceptors (Lipinski definition) is 3. The van der Waals surface area contributed by atoms with Gasteiger partial charge in [0.25, 0.3) is 5.91 Å². The number of pyridine rings is 1. The molecule has 0 saturated heterocycles. The third kappa shape index (κ3) is 3.92. The number of hydrogen-bond donors (Lipinski definition) is 1. The maximum Gasteiger partial charge on any atom is 0.307 e. The molecule has 39 heavy (non-hydrogen) atoms. The number of fused-ring (bicyclic) bond motifs is 2. The third-order valence-corrected chi connectivity index (χ3v) is 8.59. The van der Waals surface area contributed by atoms with E-state index >= 15 is 8.78 Å². The Morgan fingerprint density at radius 3 is 2.56 bits per heavy atom. The summed E-state index contributed by atoms with van der Waals surface area (Å²) in [5, 5.41) is 13.8. The minimum atomic E-state index is -0.874. The van der Waals surface area contributed by atoms with Gasteiger partial charge in [0, 0.05) is 23.7 Å². The molecule has 0 unspecified atom stereocenters. The lowest BCUT2D eigenvalue weighted by Gasteiger charge is -2.35. The molecule has 3 atom stereocenters. The first-order chi connectivity index (χ1) is 18.8. The van der Waals surface area contributed by atoms with Crippen LogP contribution in [-0.4, -0.2) is 38.0 Å². The number of benzene rings is 2.